The number of para-hydroxylation sites is 1. The van der Waals surface area contributed by atoms with E-state index in [0.717, 1.165) is 11.1 Å². The van der Waals surface area contributed by atoms with Crippen LogP contribution in [0.1, 0.15) is 43.4 Å². The predicted octanol–water partition coefficient (Wildman–Crippen LogP) is 7.11. The van der Waals surface area contributed by atoms with Gasteiger partial charge in [-0.1, -0.05) is 65.7 Å². The topological polar surface area (TPSA) is 66.5 Å². The zero-order valence-electron chi connectivity index (χ0n) is 21.4. The zero-order valence-corrected chi connectivity index (χ0v) is 22.9. The van der Waals surface area contributed by atoms with Crippen molar-refractivity contribution in [1.82, 2.24) is 4.90 Å². The molecule has 3 aliphatic rings. The van der Waals surface area contributed by atoms with Crippen LogP contribution in [0.2, 0.25) is 10.0 Å². The molecule has 0 aromatic heterocycles. The van der Waals surface area contributed by atoms with Gasteiger partial charge in [0.2, 0.25) is 5.91 Å². The van der Waals surface area contributed by atoms with Gasteiger partial charge >= 0.3 is 0 Å². The predicted molar refractivity (Wildman–Crippen MR) is 156 cm³/mol. The molecule has 1 saturated heterocycles. The Labute approximate surface area is 245 Å². The standard InChI is InChI=1S/C33H21Cl2FN2O3/c34-20-11-14-23(25(35)17-20)30(40)28-27(29(39)19-9-12-21(36)13-10-19)33(24-7-3-4-8-26(24)37-32(33)41)31-22-6-2-1-5-18(22)15-16-38(28)31/h1-17,27-28,31H,(H,37,41)/t27-,28+,31-,33+/m1/s1. The number of carbonyl (C=O) groups excluding carboxylic acids is 3. The Balaban J connectivity index is 1.54. The number of ketones is 2. The third-order valence-corrected chi connectivity index (χ3v) is 8.99. The summed E-state index contributed by atoms with van der Waals surface area (Å²) in [6, 6.07) is 22.9. The number of anilines is 1. The van der Waals surface area contributed by atoms with E-state index >= 15 is 0 Å². The van der Waals surface area contributed by atoms with Crippen LogP contribution in [0.5, 0.6) is 0 Å². The van der Waals surface area contributed by atoms with Crippen molar-refractivity contribution in [2.45, 2.75) is 17.5 Å². The third-order valence-electron chi connectivity index (χ3n) is 8.45. The second-order valence-electron chi connectivity index (χ2n) is 10.4. The van der Waals surface area contributed by atoms with Crippen LogP contribution < -0.4 is 5.32 Å². The van der Waals surface area contributed by atoms with Crippen molar-refractivity contribution in [1.29, 1.82) is 0 Å². The summed E-state index contributed by atoms with van der Waals surface area (Å²) in [5, 5.41) is 3.51. The van der Waals surface area contributed by atoms with Crippen LogP contribution in [-0.4, -0.2) is 28.4 Å². The van der Waals surface area contributed by atoms with Crippen LogP contribution in [0.4, 0.5) is 10.1 Å². The molecule has 0 radical (unpaired) electrons. The minimum absolute atomic E-state index is 0.144. The molecule has 3 aliphatic heterocycles. The molecule has 1 fully saturated rings. The van der Waals surface area contributed by atoms with Gasteiger partial charge < -0.3 is 10.2 Å². The van der Waals surface area contributed by atoms with Gasteiger partial charge in [0.05, 0.1) is 17.0 Å². The molecule has 0 saturated carbocycles. The van der Waals surface area contributed by atoms with Crippen molar-refractivity contribution >= 4 is 52.4 Å². The van der Waals surface area contributed by atoms with Gasteiger partial charge in [-0.05, 0) is 71.3 Å². The molecule has 1 amide bonds. The Morgan fingerprint density at radius 2 is 1.61 bits per heavy atom. The van der Waals surface area contributed by atoms with Gasteiger partial charge in [0, 0.05) is 28.0 Å². The number of fused-ring (bicyclic) bond motifs is 6. The summed E-state index contributed by atoms with van der Waals surface area (Å²) in [5.74, 6) is -2.93. The minimum Gasteiger partial charge on any atom is -0.358 e. The van der Waals surface area contributed by atoms with E-state index in [-0.39, 0.29) is 22.1 Å². The SMILES string of the molecule is O=C(c1ccc(Cl)cc1Cl)[C@@H]1[C@H](C(=O)c2ccc(F)cc2)[C@]2(C(=O)Nc3ccccc32)[C@H]2c3ccccc3C=CN12. The van der Waals surface area contributed by atoms with Crippen molar-refractivity contribution < 1.29 is 18.8 Å². The first-order valence-corrected chi connectivity index (χ1v) is 13.8. The normalized spacial score (nSPS) is 23.6. The first-order valence-electron chi connectivity index (χ1n) is 13.1. The lowest BCUT2D eigenvalue weighted by Crippen LogP contribution is -2.49. The first kappa shape index (κ1) is 25.7. The van der Waals surface area contributed by atoms with E-state index < -0.39 is 40.8 Å². The number of hydrogen-bond donors (Lipinski definition) is 1. The van der Waals surface area contributed by atoms with Crippen molar-refractivity contribution in [3.8, 4) is 0 Å². The minimum atomic E-state index is -1.48. The van der Waals surface area contributed by atoms with Gasteiger partial charge in [-0.3, -0.25) is 14.4 Å². The van der Waals surface area contributed by atoms with Crippen LogP contribution in [0.25, 0.3) is 6.08 Å². The fraction of sp³-hybridized carbons (Fsp3) is 0.121. The van der Waals surface area contributed by atoms with Gasteiger partial charge in [-0.15, -0.1) is 0 Å². The molecule has 1 spiro atoms. The number of Topliss-reactive ketones (excluding diaryl/α,β-unsaturated/α-hetero) is 2. The van der Waals surface area contributed by atoms with E-state index in [1.54, 1.807) is 18.3 Å². The highest BCUT2D eigenvalue weighted by atomic mass is 35.5. The van der Waals surface area contributed by atoms with E-state index in [9.17, 15) is 18.8 Å². The van der Waals surface area contributed by atoms with Gasteiger partial charge in [-0.2, -0.15) is 0 Å². The smallest absolute Gasteiger partial charge is 0.238 e. The molecule has 4 aromatic carbocycles. The molecule has 0 unspecified atom stereocenters. The van der Waals surface area contributed by atoms with Crippen molar-refractivity contribution in [2.24, 2.45) is 5.92 Å². The lowest BCUT2D eigenvalue weighted by molar-refractivity contribution is -0.122. The number of hydrogen-bond acceptors (Lipinski definition) is 4. The Kier molecular flexibility index (Phi) is 5.89. The van der Waals surface area contributed by atoms with Crippen LogP contribution in [0.3, 0.4) is 0 Å². The molecule has 202 valence electrons. The summed E-state index contributed by atoms with van der Waals surface area (Å²) in [4.78, 5) is 45.4. The molecule has 1 N–H and O–H groups in total. The van der Waals surface area contributed by atoms with Gasteiger partial charge in [-0.25, -0.2) is 4.39 Å². The van der Waals surface area contributed by atoms with Crippen LogP contribution in [0, 0.1) is 11.7 Å². The maximum absolute atomic E-state index is 14.7. The third kappa shape index (κ3) is 3.64. The van der Waals surface area contributed by atoms with E-state index in [1.807, 2.05) is 53.4 Å². The number of nitrogens with one attached hydrogen (secondary N) is 1. The quantitative estimate of drug-likeness (QED) is 0.260. The summed E-state index contributed by atoms with van der Waals surface area (Å²) >= 11 is 12.7. The Bertz CT molecular complexity index is 1800. The Morgan fingerprint density at radius 1 is 0.878 bits per heavy atom. The van der Waals surface area contributed by atoms with E-state index in [0.29, 0.717) is 16.3 Å². The summed E-state index contributed by atoms with van der Waals surface area (Å²) < 4.78 is 13.9. The maximum Gasteiger partial charge on any atom is 0.238 e. The molecule has 4 atom stereocenters. The monoisotopic (exact) mass is 582 g/mol. The van der Waals surface area contributed by atoms with Crippen LogP contribution >= 0.6 is 23.2 Å². The number of amides is 1. The molecular weight excluding hydrogens is 562 g/mol. The molecule has 7 rings (SSSR count). The summed E-state index contributed by atoms with van der Waals surface area (Å²) in [5.41, 5.74) is 1.81. The Morgan fingerprint density at radius 3 is 2.39 bits per heavy atom. The second-order valence-corrected chi connectivity index (χ2v) is 11.3. The van der Waals surface area contributed by atoms with Crippen molar-refractivity contribution in [2.75, 3.05) is 5.32 Å². The highest BCUT2D eigenvalue weighted by Crippen LogP contribution is 2.62. The highest BCUT2D eigenvalue weighted by Gasteiger charge is 2.70. The molecule has 5 nitrogen and oxygen atoms in total. The zero-order chi connectivity index (χ0) is 28.5. The molecular formula is C33H21Cl2FN2O3. The largest absolute Gasteiger partial charge is 0.358 e. The van der Waals surface area contributed by atoms with Crippen LogP contribution in [-0.2, 0) is 10.2 Å². The number of rotatable bonds is 4. The lowest BCUT2D eigenvalue weighted by atomic mass is 9.62. The number of benzene rings is 4. The average Bonchev–Trinajstić information content (AvgIpc) is 3.45. The molecule has 0 bridgehead atoms. The fourth-order valence-electron chi connectivity index (χ4n) is 6.81. The number of carbonyl (C=O) groups is 3. The summed E-state index contributed by atoms with van der Waals surface area (Å²) in [6.07, 6.45) is 3.67. The van der Waals surface area contributed by atoms with Gasteiger partial charge in [0.25, 0.3) is 0 Å². The highest BCUT2D eigenvalue weighted by molar-refractivity contribution is 6.37. The van der Waals surface area contributed by atoms with Crippen LogP contribution in [0.15, 0.2) is 97.2 Å². The van der Waals surface area contributed by atoms with E-state index in [2.05, 4.69) is 5.32 Å². The average molecular weight is 583 g/mol. The lowest BCUT2D eigenvalue weighted by Gasteiger charge is -2.38. The van der Waals surface area contributed by atoms with E-state index in [4.69, 9.17) is 23.2 Å². The van der Waals surface area contributed by atoms with Crippen molar-refractivity contribution in [3.63, 3.8) is 0 Å². The summed E-state index contributed by atoms with van der Waals surface area (Å²) in [7, 11) is 0. The molecule has 41 heavy (non-hydrogen) atoms. The maximum atomic E-state index is 14.7. The summed E-state index contributed by atoms with van der Waals surface area (Å²) in [6.45, 7) is 0. The first-order chi connectivity index (χ1) is 19.8. The van der Waals surface area contributed by atoms with Gasteiger partial charge in [0.1, 0.15) is 17.3 Å². The Hall–Kier alpha value is -4.26. The number of nitrogens with zero attached hydrogens (tertiary/aromatic N) is 1. The molecule has 4 aromatic rings. The van der Waals surface area contributed by atoms with E-state index in [1.165, 1.54) is 36.4 Å². The molecule has 3 heterocycles. The number of halogens is 3. The van der Waals surface area contributed by atoms with Crippen molar-refractivity contribution in [3.05, 3.63) is 141 Å². The fourth-order valence-corrected chi connectivity index (χ4v) is 7.31. The van der Waals surface area contributed by atoms with Gasteiger partial charge in [0.15, 0.2) is 11.6 Å². The molecule has 8 heteroatoms. The molecule has 0 aliphatic carbocycles. The second kappa shape index (κ2) is 9.40.